The first-order chi connectivity index (χ1) is 13.2. The molecule has 1 saturated heterocycles. The monoisotopic (exact) mass is 399 g/mol. The van der Waals surface area contributed by atoms with Gasteiger partial charge in [0.15, 0.2) is 5.83 Å². The maximum absolute atomic E-state index is 13.9. The minimum absolute atomic E-state index is 0.115. The van der Waals surface area contributed by atoms with Crippen molar-refractivity contribution in [3.63, 3.8) is 0 Å². The number of likely N-dealkylation sites (tertiary alicyclic amines) is 1. The van der Waals surface area contributed by atoms with Gasteiger partial charge >= 0.3 is 12.0 Å². The normalized spacial score (nSPS) is 20.6. The van der Waals surface area contributed by atoms with E-state index in [0.717, 1.165) is 23.1 Å². The fraction of sp³-hybridized carbons (Fsp3) is 0.450. The number of nitrogens with zero attached hydrogens (tertiary/aromatic N) is 1. The second-order valence-corrected chi connectivity index (χ2v) is 7.36. The van der Waals surface area contributed by atoms with Crippen LogP contribution in [0.5, 0.6) is 5.75 Å². The van der Waals surface area contributed by atoms with E-state index in [0.29, 0.717) is 12.3 Å². The maximum Gasteiger partial charge on any atom is 0.344 e. The Kier molecular flexibility index (Phi) is 5.79. The van der Waals surface area contributed by atoms with E-state index in [-0.39, 0.29) is 25.6 Å². The summed E-state index contributed by atoms with van der Waals surface area (Å²) in [6.45, 7) is 2.14. The Balaban J connectivity index is 1.61. The van der Waals surface area contributed by atoms with Crippen molar-refractivity contribution in [1.82, 2.24) is 4.90 Å². The number of rotatable bonds is 7. The van der Waals surface area contributed by atoms with Gasteiger partial charge in [0.2, 0.25) is 5.67 Å². The van der Waals surface area contributed by atoms with Gasteiger partial charge in [-0.1, -0.05) is 24.6 Å². The highest BCUT2D eigenvalue weighted by molar-refractivity contribution is 5.79. The maximum atomic E-state index is 13.9. The lowest BCUT2D eigenvalue weighted by Crippen LogP contribution is -2.63. The smallest absolute Gasteiger partial charge is 0.344 e. The summed E-state index contributed by atoms with van der Waals surface area (Å²) in [5.41, 5.74) is 0.948. The molecular weight excluding hydrogens is 378 g/mol. The number of carbonyl (C=O) groups is 1. The summed E-state index contributed by atoms with van der Waals surface area (Å²) in [5.74, 6) is -2.22. The number of carboxylic acid groups (broad SMARTS) is 1. The molecule has 1 aromatic carbocycles. The van der Waals surface area contributed by atoms with E-state index in [4.69, 9.17) is 9.84 Å². The number of aliphatic carboxylic acids is 1. The number of carboxylic acids is 1. The average Bonchev–Trinajstić information content (AvgIpc) is 2.60. The minimum atomic E-state index is -2.32. The van der Waals surface area contributed by atoms with E-state index in [9.17, 15) is 22.4 Å². The summed E-state index contributed by atoms with van der Waals surface area (Å²) in [7, 11) is 0. The molecule has 3 rings (SSSR count). The Morgan fingerprint density at radius 1 is 1.32 bits per heavy atom. The molecule has 1 N–H and O–H groups in total. The van der Waals surface area contributed by atoms with Crippen LogP contribution in [-0.2, 0) is 11.2 Å². The van der Waals surface area contributed by atoms with E-state index in [1.807, 2.05) is 25.1 Å². The Labute approximate surface area is 160 Å². The molecule has 2 aliphatic rings. The Hall–Kier alpha value is -2.35. The van der Waals surface area contributed by atoms with Crippen LogP contribution in [0.2, 0.25) is 0 Å². The van der Waals surface area contributed by atoms with Crippen molar-refractivity contribution >= 4 is 12.0 Å². The molecule has 1 aliphatic carbocycles. The van der Waals surface area contributed by atoms with Gasteiger partial charge in [-0.15, -0.1) is 0 Å². The molecule has 1 fully saturated rings. The lowest BCUT2D eigenvalue weighted by molar-refractivity contribution is -0.163. The molecule has 0 spiro atoms. The first-order valence-electron chi connectivity index (χ1n) is 8.98. The number of ether oxygens (including phenoxy) is 1. The summed E-state index contributed by atoms with van der Waals surface area (Å²) in [6, 6.07) is 5.34. The van der Waals surface area contributed by atoms with E-state index in [1.54, 1.807) is 11.0 Å². The molecule has 1 aromatic rings. The van der Waals surface area contributed by atoms with E-state index in [2.05, 4.69) is 0 Å². The second-order valence-electron chi connectivity index (χ2n) is 7.36. The van der Waals surface area contributed by atoms with Gasteiger partial charge in [0.1, 0.15) is 5.75 Å². The van der Waals surface area contributed by atoms with E-state index < -0.39 is 30.0 Å². The molecule has 1 atom stereocenters. The second kappa shape index (κ2) is 7.95. The molecule has 0 aromatic heterocycles. The van der Waals surface area contributed by atoms with Crippen molar-refractivity contribution in [3.05, 3.63) is 46.8 Å². The fourth-order valence-corrected chi connectivity index (χ4v) is 3.51. The van der Waals surface area contributed by atoms with Crippen molar-refractivity contribution in [2.75, 3.05) is 26.2 Å². The van der Waals surface area contributed by atoms with Gasteiger partial charge in [-0.25, -0.2) is 13.6 Å². The number of halogens is 4. The number of fused-ring (bicyclic) bond motifs is 1. The topological polar surface area (TPSA) is 49.8 Å². The van der Waals surface area contributed by atoms with Gasteiger partial charge in [-0.2, -0.15) is 8.78 Å². The van der Waals surface area contributed by atoms with Crippen LogP contribution >= 0.6 is 0 Å². The third-order valence-electron chi connectivity index (χ3n) is 5.15. The van der Waals surface area contributed by atoms with E-state index >= 15 is 0 Å². The van der Waals surface area contributed by atoms with Crippen LogP contribution in [0.4, 0.5) is 17.6 Å². The zero-order valence-electron chi connectivity index (χ0n) is 15.4. The van der Waals surface area contributed by atoms with Gasteiger partial charge in [0.25, 0.3) is 0 Å². The highest BCUT2D eigenvalue weighted by Crippen LogP contribution is 2.34. The largest absolute Gasteiger partial charge is 0.493 e. The Morgan fingerprint density at radius 2 is 2.04 bits per heavy atom. The van der Waals surface area contributed by atoms with Gasteiger partial charge < -0.3 is 9.84 Å². The minimum Gasteiger partial charge on any atom is -0.493 e. The SMILES string of the molecule is C[C@H]1Cc2cc(OCCC(F)=C(F)F)ccc2C=C1CN1CC(F)(C(=O)O)C1. The molecule has 1 aliphatic heterocycles. The van der Waals surface area contributed by atoms with Gasteiger partial charge in [0, 0.05) is 26.1 Å². The van der Waals surface area contributed by atoms with Crippen LogP contribution in [-0.4, -0.2) is 47.9 Å². The quantitative estimate of drug-likeness (QED) is 0.698. The summed E-state index contributed by atoms with van der Waals surface area (Å²) in [6.07, 6.45) is -0.0785. The molecule has 28 heavy (non-hydrogen) atoms. The first-order valence-corrected chi connectivity index (χ1v) is 8.98. The fourth-order valence-electron chi connectivity index (χ4n) is 3.51. The van der Waals surface area contributed by atoms with Crippen molar-refractivity contribution in [2.24, 2.45) is 5.92 Å². The van der Waals surface area contributed by atoms with Crippen molar-refractivity contribution in [2.45, 2.75) is 25.4 Å². The predicted molar refractivity (Wildman–Crippen MR) is 95.7 cm³/mol. The average molecular weight is 399 g/mol. The molecule has 0 radical (unpaired) electrons. The standard InChI is InChI=1S/C20H21F4NO3/c1-12-6-14-8-16(28-5-4-17(21)18(22)23)3-2-13(14)7-15(12)9-25-10-20(24,11-25)19(26)27/h2-3,7-8,12H,4-6,9-11H2,1H3,(H,26,27)/t12-/m0/s1. The van der Waals surface area contributed by atoms with E-state index in [1.165, 1.54) is 0 Å². The zero-order valence-corrected chi connectivity index (χ0v) is 15.4. The molecule has 152 valence electrons. The molecular formula is C20H21F4NO3. The van der Waals surface area contributed by atoms with Gasteiger partial charge in [-0.3, -0.25) is 4.90 Å². The van der Waals surface area contributed by atoms with Crippen molar-refractivity contribution < 1.29 is 32.2 Å². The van der Waals surface area contributed by atoms with Crippen LogP contribution < -0.4 is 4.74 Å². The number of benzene rings is 1. The Bertz CT molecular complexity index is 827. The highest BCUT2D eigenvalue weighted by atomic mass is 19.3. The third kappa shape index (κ3) is 4.38. The molecule has 1 heterocycles. The van der Waals surface area contributed by atoms with Crippen LogP contribution in [0.3, 0.4) is 0 Å². The van der Waals surface area contributed by atoms with Crippen LogP contribution in [0.25, 0.3) is 6.08 Å². The molecule has 4 nitrogen and oxygen atoms in total. The molecule has 0 amide bonds. The predicted octanol–water partition coefficient (Wildman–Crippen LogP) is 4.22. The summed E-state index contributed by atoms with van der Waals surface area (Å²) >= 11 is 0. The molecule has 0 bridgehead atoms. The van der Waals surface area contributed by atoms with Crippen LogP contribution in [0.15, 0.2) is 35.7 Å². The Morgan fingerprint density at radius 3 is 2.68 bits per heavy atom. The van der Waals surface area contributed by atoms with Crippen molar-refractivity contribution in [1.29, 1.82) is 0 Å². The van der Waals surface area contributed by atoms with Gasteiger partial charge in [0.05, 0.1) is 6.61 Å². The molecule has 8 heteroatoms. The summed E-state index contributed by atoms with van der Waals surface area (Å²) < 4.78 is 56.1. The lowest BCUT2D eigenvalue weighted by atomic mass is 9.83. The first kappa shape index (κ1) is 20.4. The number of hydrogen-bond donors (Lipinski definition) is 1. The molecule has 0 unspecified atom stereocenters. The number of alkyl halides is 1. The zero-order chi connectivity index (χ0) is 20.5. The molecule has 0 saturated carbocycles. The van der Waals surface area contributed by atoms with Crippen LogP contribution in [0, 0.1) is 5.92 Å². The summed E-state index contributed by atoms with van der Waals surface area (Å²) in [5, 5.41) is 8.85. The lowest BCUT2D eigenvalue weighted by Gasteiger charge is -2.42. The highest BCUT2D eigenvalue weighted by Gasteiger charge is 2.50. The van der Waals surface area contributed by atoms with Crippen molar-refractivity contribution in [3.8, 4) is 5.75 Å². The number of hydrogen-bond acceptors (Lipinski definition) is 3. The third-order valence-corrected chi connectivity index (χ3v) is 5.15. The summed E-state index contributed by atoms with van der Waals surface area (Å²) in [4.78, 5) is 12.6. The van der Waals surface area contributed by atoms with Gasteiger partial charge in [-0.05, 0) is 35.6 Å². The van der Waals surface area contributed by atoms with Crippen LogP contribution in [0.1, 0.15) is 24.5 Å².